The molecule has 0 fully saturated rings. The van der Waals surface area contributed by atoms with Gasteiger partial charge in [0, 0.05) is 45.1 Å². The second-order valence-corrected chi connectivity index (χ2v) is 14.3. The molecule has 10 heteroatoms. The number of carbonyl (C=O) groups excluding carboxylic acids is 1. The number of hydrogen-bond acceptors (Lipinski definition) is 6. The molecule has 1 heterocycles. The first-order valence-electron chi connectivity index (χ1n) is 16.3. The highest BCUT2D eigenvalue weighted by molar-refractivity contribution is 6.53. The number of carbonyl (C=O) groups is 1. The Hall–Kier alpha value is -4.43. The van der Waals surface area contributed by atoms with Gasteiger partial charge in [-0.1, -0.05) is 107 Å². The van der Waals surface area contributed by atoms with Crippen LogP contribution in [-0.2, 0) is 16.9 Å². The minimum absolute atomic E-state index is 0.00192. The second-order valence-electron chi connectivity index (χ2n) is 12.8. The number of esters is 1. The number of halogens is 4. The number of hydrogen-bond donors (Lipinski definition) is 1. The molecule has 0 aliphatic carbocycles. The van der Waals surface area contributed by atoms with Crippen molar-refractivity contribution in [2.24, 2.45) is 0 Å². The van der Waals surface area contributed by atoms with Crippen molar-refractivity contribution >= 4 is 74.9 Å². The summed E-state index contributed by atoms with van der Waals surface area (Å²) in [7, 11) is 9.51. The van der Waals surface area contributed by atoms with E-state index in [1.54, 1.807) is 7.11 Å². The molecule has 0 radical (unpaired) electrons. The van der Waals surface area contributed by atoms with Crippen molar-refractivity contribution < 1.29 is 19.4 Å². The lowest BCUT2D eigenvalue weighted by molar-refractivity contribution is 0.0300. The van der Waals surface area contributed by atoms with Crippen LogP contribution < -0.4 is 14.5 Å². The fourth-order valence-electron chi connectivity index (χ4n) is 6.22. The van der Waals surface area contributed by atoms with Gasteiger partial charge < -0.3 is 24.4 Å². The lowest BCUT2D eigenvalue weighted by atomic mass is 9.83. The number of benzene rings is 5. The Morgan fingerprint density at radius 2 is 1.06 bits per heavy atom. The average Bonchev–Trinajstić information content (AvgIpc) is 3.45. The summed E-state index contributed by atoms with van der Waals surface area (Å²) in [5.74, 6) is -0.0210. The van der Waals surface area contributed by atoms with Gasteiger partial charge in [-0.2, -0.15) is 0 Å². The molecular weight excluding hydrogens is 738 g/mol. The summed E-state index contributed by atoms with van der Waals surface area (Å²) < 4.78 is 12.0. The van der Waals surface area contributed by atoms with Gasteiger partial charge in [0.2, 0.25) is 0 Å². The maximum absolute atomic E-state index is 14.1. The monoisotopic (exact) mass is 772 g/mol. The van der Waals surface area contributed by atoms with Crippen molar-refractivity contribution in [3.63, 3.8) is 0 Å². The zero-order valence-electron chi connectivity index (χ0n) is 29.2. The standard InChI is InChI=1S/C42H36Cl4N2O4/c1-47(2)30-16-10-27(11-17-30)33(26-8-6-25(24-49)7-9-26)22-42(36-35(41(50)52-42)37(43)39(45)40(46)38(36)44)23-34(29-14-20-32(51-5)21-15-29)28-12-18-31(19-13-28)48(3)4/h6-23,49H,24H2,1-5H3/b33-22+,34-23-. The third-order valence-electron chi connectivity index (χ3n) is 9.08. The van der Waals surface area contributed by atoms with Crippen LogP contribution in [0.25, 0.3) is 11.1 Å². The number of aliphatic hydroxyl groups is 1. The summed E-state index contributed by atoms with van der Waals surface area (Å²) in [6.45, 7) is -0.111. The minimum atomic E-state index is -1.65. The summed E-state index contributed by atoms with van der Waals surface area (Å²) in [5.41, 5.74) is 6.18. The molecule has 0 bridgehead atoms. The smallest absolute Gasteiger partial charge is 0.341 e. The van der Waals surface area contributed by atoms with Gasteiger partial charge in [-0.3, -0.25) is 0 Å². The number of fused-ring (bicyclic) bond motifs is 1. The summed E-state index contributed by atoms with van der Waals surface area (Å²) in [5, 5.41) is 9.78. The summed E-state index contributed by atoms with van der Waals surface area (Å²) in [4.78, 5) is 18.1. The Morgan fingerprint density at radius 3 is 1.46 bits per heavy atom. The van der Waals surface area contributed by atoms with Crippen LogP contribution in [0, 0.1) is 0 Å². The Morgan fingerprint density at radius 1 is 0.654 bits per heavy atom. The van der Waals surface area contributed by atoms with E-state index in [-0.39, 0.29) is 37.8 Å². The van der Waals surface area contributed by atoms with Crippen LogP contribution in [0.3, 0.4) is 0 Å². The topological polar surface area (TPSA) is 62.2 Å². The molecule has 0 amide bonds. The van der Waals surface area contributed by atoms with Gasteiger partial charge in [0.05, 0.1) is 39.4 Å². The molecule has 5 aromatic rings. The molecule has 266 valence electrons. The summed E-state index contributed by atoms with van der Waals surface area (Å²) in [6, 6.07) is 31.3. The van der Waals surface area contributed by atoms with Crippen molar-refractivity contribution in [3.8, 4) is 5.75 Å². The molecule has 0 saturated heterocycles. The van der Waals surface area contributed by atoms with Crippen molar-refractivity contribution in [3.05, 3.63) is 168 Å². The van der Waals surface area contributed by atoms with Gasteiger partial charge in [-0.05, 0) is 87.5 Å². The Bertz CT molecular complexity index is 2060. The number of rotatable bonds is 10. The number of anilines is 2. The molecule has 0 spiro atoms. The van der Waals surface area contributed by atoms with E-state index >= 15 is 0 Å². The first-order valence-corrected chi connectivity index (χ1v) is 17.8. The van der Waals surface area contributed by atoms with Crippen molar-refractivity contribution in [1.29, 1.82) is 0 Å². The van der Waals surface area contributed by atoms with Crippen molar-refractivity contribution in [2.45, 2.75) is 12.2 Å². The van der Waals surface area contributed by atoms with Crippen molar-refractivity contribution in [1.82, 2.24) is 0 Å². The maximum atomic E-state index is 14.1. The molecule has 0 saturated carbocycles. The van der Waals surface area contributed by atoms with E-state index in [2.05, 4.69) is 0 Å². The van der Waals surface area contributed by atoms with E-state index in [1.807, 2.05) is 147 Å². The number of nitrogens with zero attached hydrogens (tertiary/aromatic N) is 2. The predicted octanol–water partition coefficient (Wildman–Crippen LogP) is 10.6. The van der Waals surface area contributed by atoms with E-state index < -0.39 is 11.6 Å². The van der Waals surface area contributed by atoms with E-state index in [1.165, 1.54) is 0 Å². The van der Waals surface area contributed by atoms with Crippen LogP contribution in [0.4, 0.5) is 11.4 Å². The Labute approximate surface area is 324 Å². The highest BCUT2D eigenvalue weighted by Gasteiger charge is 2.48. The minimum Gasteiger partial charge on any atom is -0.497 e. The maximum Gasteiger partial charge on any atom is 0.341 e. The Balaban J connectivity index is 1.74. The zero-order chi connectivity index (χ0) is 37.3. The fraction of sp³-hybridized carbons (Fsp3) is 0.167. The zero-order valence-corrected chi connectivity index (χ0v) is 32.2. The molecular formula is C42H36Cl4N2O4. The van der Waals surface area contributed by atoms with Gasteiger partial charge in [-0.25, -0.2) is 4.79 Å². The quantitative estimate of drug-likeness (QED) is 0.0866. The van der Waals surface area contributed by atoms with Gasteiger partial charge >= 0.3 is 5.97 Å². The SMILES string of the molecule is COc1ccc(/C(=C\C2(/C=C(\c3ccc(CO)cc3)c3ccc(N(C)C)cc3)OC(=O)c3c(Cl)c(Cl)c(Cl)c(Cl)c32)c2ccc(N(C)C)cc2)cc1. The first kappa shape index (κ1) is 37.3. The van der Waals surface area contributed by atoms with Gasteiger partial charge in [0.15, 0.2) is 5.60 Å². The lowest BCUT2D eigenvalue weighted by Crippen LogP contribution is -2.23. The normalized spacial score (nSPS) is 15.7. The van der Waals surface area contributed by atoms with E-state index in [9.17, 15) is 9.90 Å². The number of aliphatic hydroxyl groups excluding tert-OH is 1. The Kier molecular flexibility index (Phi) is 11.0. The molecule has 1 unspecified atom stereocenters. The highest BCUT2D eigenvalue weighted by Crippen LogP contribution is 2.53. The average molecular weight is 775 g/mol. The number of methoxy groups -OCH3 is 1. The fourth-order valence-corrected chi connectivity index (χ4v) is 7.30. The van der Waals surface area contributed by atoms with E-state index in [4.69, 9.17) is 55.9 Å². The molecule has 6 rings (SSSR count). The summed E-state index contributed by atoms with van der Waals surface area (Å²) >= 11 is 27.1. The molecule has 52 heavy (non-hydrogen) atoms. The van der Waals surface area contributed by atoms with Crippen molar-refractivity contribution in [2.75, 3.05) is 45.1 Å². The van der Waals surface area contributed by atoms with Crippen LogP contribution in [0.1, 0.15) is 43.7 Å². The molecule has 1 aliphatic rings. The molecule has 6 nitrogen and oxygen atoms in total. The summed E-state index contributed by atoms with van der Waals surface area (Å²) in [6.07, 6.45) is 3.76. The number of cyclic esters (lactones) is 1. The molecule has 5 aromatic carbocycles. The lowest BCUT2D eigenvalue weighted by Gasteiger charge is -2.27. The molecule has 1 atom stereocenters. The first-order chi connectivity index (χ1) is 24.9. The largest absolute Gasteiger partial charge is 0.497 e. The van der Waals surface area contributed by atoms with Crippen LogP contribution in [0.15, 0.2) is 109 Å². The third-order valence-corrected chi connectivity index (χ3v) is 10.9. The molecule has 1 N–H and O–H groups in total. The second kappa shape index (κ2) is 15.3. The van der Waals surface area contributed by atoms with E-state index in [0.29, 0.717) is 5.75 Å². The van der Waals surface area contributed by atoms with Gasteiger partial charge in [-0.15, -0.1) is 0 Å². The van der Waals surface area contributed by atoms with Crippen LogP contribution >= 0.6 is 46.4 Å². The van der Waals surface area contributed by atoms with Crippen LogP contribution in [0.2, 0.25) is 20.1 Å². The van der Waals surface area contributed by atoms with E-state index in [0.717, 1.165) is 50.3 Å². The van der Waals surface area contributed by atoms with Crippen LogP contribution in [-0.4, -0.2) is 46.4 Å². The third kappa shape index (κ3) is 7.14. The number of ether oxygens (including phenoxy) is 2. The predicted molar refractivity (Wildman–Crippen MR) is 215 cm³/mol. The molecule has 0 aromatic heterocycles. The molecule has 1 aliphatic heterocycles. The van der Waals surface area contributed by atoms with Gasteiger partial charge in [0.1, 0.15) is 5.75 Å². The highest BCUT2D eigenvalue weighted by atomic mass is 35.5. The van der Waals surface area contributed by atoms with Crippen LogP contribution in [0.5, 0.6) is 5.75 Å². The van der Waals surface area contributed by atoms with Gasteiger partial charge in [0.25, 0.3) is 0 Å².